The highest BCUT2D eigenvalue weighted by Crippen LogP contribution is 2.28. The molecule has 0 fully saturated rings. The molecular weight excluding hydrogens is 464 g/mol. The number of aryl methyl sites for hydroxylation is 1. The van der Waals surface area contributed by atoms with Crippen LogP contribution >= 0.6 is 0 Å². The quantitative estimate of drug-likeness (QED) is 0.368. The standard InChI is InChI=1S/C26H32N4O6/c1-34-15-7-14-29(22(31)13-11-18-10-12-20(35-2)21(16-18)36-3)23-24(27)30(26(33)28-25(23)32)17-19-8-5-4-6-9-19/h4-6,8-10,12,16H,7,11,13-15,17,27H2,1-3H3,(H,28,32,33). The second kappa shape index (κ2) is 12.6. The summed E-state index contributed by atoms with van der Waals surface area (Å²) in [6.07, 6.45) is 0.996. The predicted octanol–water partition coefficient (Wildman–Crippen LogP) is 2.19. The SMILES string of the molecule is COCCCN(C(=O)CCc1ccc(OC)c(OC)c1)c1c(N)n(Cc2ccccc2)c(=O)[nH]c1=O. The maximum Gasteiger partial charge on any atom is 0.330 e. The van der Waals surface area contributed by atoms with Crippen LogP contribution in [0.4, 0.5) is 11.5 Å². The molecule has 3 rings (SSSR count). The summed E-state index contributed by atoms with van der Waals surface area (Å²) in [5.41, 5.74) is 6.65. The molecule has 36 heavy (non-hydrogen) atoms. The number of hydrogen-bond acceptors (Lipinski definition) is 7. The van der Waals surface area contributed by atoms with E-state index >= 15 is 0 Å². The summed E-state index contributed by atoms with van der Waals surface area (Å²) >= 11 is 0. The Labute approximate surface area is 209 Å². The van der Waals surface area contributed by atoms with E-state index in [1.165, 1.54) is 9.47 Å². The molecule has 1 amide bonds. The third-order valence-corrected chi connectivity index (χ3v) is 5.77. The van der Waals surface area contributed by atoms with E-state index in [4.69, 9.17) is 19.9 Å². The van der Waals surface area contributed by atoms with E-state index in [1.807, 2.05) is 42.5 Å². The molecule has 0 aliphatic carbocycles. The van der Waals surface area contributed by atoms with Gasteiger partial charge in [-0.15, -0.1) is 0 Å². The van der Waals surface area contributed by atoms with Crippen LogP contribution in [-0.2, 0) is 22.5 Å². The molecule has 0 spiro atoms. The van der Waals surface area contributed by atoms with Gasteiger partial charge in [0.1, 0.15) is 5.82 Å². The fourth-order valence-corrected chi connectivity index (χ4v) is 3.91. The van der Waals surface area contributed by atoms with Crippen molar-refractivity contribution < 1.29 is 19.0 Å². The van der Waals surface area contributed by atoms with Crippen LogP contribution in [-0.4, -0.2) is 49.9 Å². The van der Waals surface area contributed by atoms with E-state index in [-0.39, 0.29) is 36.9 Å². The summed E-state index contributed by atoms with van der Waals surface area (Å²) in [5.74, 6) is 0.786. The van der Waals surface area contributed by atoms with Gasteiger partial charge in [-0.25, -0.2) is 4.79 Å². The number of aromatic amines is 1. The molecule has 0 radical (unpaired) electrons. The van der Waals surface area contributed by atoms with Gasteiger partial charge in [-0.3, -0.25) is 19.1 Å². The minimum absolute atomic E-state index is 0.0426. The van der Waals surface area contributed by atoms with Crippen molar-refractivity contribution in [3.05, 3.63) is 80.5 Å². The first-order valence-corrected chi connectivity index (χ1v) is 11.6. The zero-order valence-electron chi connectivity index (χ0n) is 20.8. The van der Waals surface area contributed by atoms with Crippen molar-refractivity contribution in [1.82, 2.24) is 9.55 Å². The van der Waals surface area contributed by atoms with Gasteiger partial charge in [-0.2, -0.15) is 0 Å². The molecule has 0 aliphatic rings. The third kappa shape index (κ3) is 6.33. The Hall–Kier alpha value is -4.05. The summed E-state index contributed by atoms with van der Waals surface area (Å²) in [6, 6.07) is 14.7. The summed E-state index contributed by atoms with van der Waals surface area (Å²) in [4.78, 5) is 42.5. The highest BCUT2D eigenvalue weighted by molar-refractivity contribution is 5.95. The Morgan fingerprint density at radius 3 is 2.39 bits per heavy atom. The Morgan fingerprint density at radius 2 is 1.72 bits per heavy atom. The lowest BCUT2D eigenvalue weighted by atomic mass is 10.1. The number of aromatic nitrogens is 2. The average Bonchev–Trinajstić information content (AvgIpc) is 2.89. The number of nitrogens with two attached hydrogens (primary N) is 1. The van der Waals surface area contributed by atoms with Gasteiger partial charge >= 0.3 is 5.69 Å². The van der Waals surface area contributed by atoms with E-state index in [0.717, 1.165) is 11.1 Å². The number of amides is 1. The number of nitrogens with one attached hydrogen (secondary N) is 1. The van der Waals surface area contributed by atoms with Crippen LogP contribution in [0.25, 0.3) is 0 Å². The first kappa shape index (κ1) is 26.6. The highest BCUT2D eigenvalue weighted by Gasteiger charge is 2.24. The number of nitrogens with zero attached hydrogens (tertiary/aromatic N) is 2. The van der Waals surface area contributed by atoms with Gasteiger partial charge in [0, 0.05) is 26.7 Å². The molecule has 10 nitrogen and oxygen atoms in total. The molecule has 0 bridgehead atoms. The van der Waals surface area contributed by atoms with E-state index < -0.39 is 11.2 Å². The number of methoxy groups -OCH3 is 3. The molecule has 3 N–H and O–H groups in total. The van der Waals surface area contributed by atoms with Crippen molar-refractivity contribution >= 4 is 17.4 Å². The Balaban J connectivity index is 1.91. The zero-order chi connectivity index (χ0) is 26.1. The van der Waals surface area contributed by atoms with E-state index in [0.29, 0.717) is 30.9 Å². The minimum atomic E-state index is -0.710. The first-order valence-electron chi connectivity index (χ1n) is 11.6. The van der Waals surface area contributed by atoms with Gasteiger partial charge in [0.15, 0.2) is 17.2 Å². The summed E-state index contributed by atoms with van der Waals surface area (Å²) in [5, 5.41) is 0. The molecule has 2 aromatic carbocycles. The van der Waals surface area contributed by atoms with Crippen LogP contribution in [0.1, 0.15) is 24.0 Å². The molecule has 0 aliphatic heterocycles. The molecule has 0 saturated heterocycles. The van der Waals surface area contributed by atoms with Crippen molar-refractivity contribution in [1.29, 1.82) is 0 Å². The summed E-state index contributed by atoms with van der Waals surface area (Å²) < 4.78 is 17.0. The number of ether oxygens (including phenoxy) is 3. The lowest BCUT2D eigenvalue weighted by Gasteiger charge is -2.24. The number of benzene rings is 2. The number of anilines is 2. The second-order valence-corrected chi connectivity index (χ2v) is 8.15. The number of H-pyrrole nitrogens is 1. The maximum atomic E-state index is 13.4. The number of rotatable bonds is 12. The van der Waals surface area contributed by atoms with Crippen LogP contribution in [0.15, 0.2) is 58.1 Å². The number of carbonyl (C=O) groups is 1. The van der Waals surface area contributed by atoms with Crippen LogP contribution < -0.4 is 31.4 Å². The minimum Gasteiger partial charge on any atom is -0.493 e. The lowest BCUT2D eigenvalue weighted by molar-refractivity contribution is -0.118. The van der Waals surface area contributed by atoms with E-state index in [2.05, 4.69) is 4.98 Å². The number of carbonyl (C=O) groups excluding carboxylic acids is 1. The molecule has 0 atom stereocenters. The summed E-state index contributed by atoms with van der Waals surface area (Å²) in [7, 11) is 4.66. The molecule has 0 unspecified atom stereocenters. The van der Waals surface area contributed by atoms with E-state index in [1.54, 1.807) is 27.4 Å². The topological polar surface area (TPSA) is 129 Å². The fraction of sp³-hybridized carbons (Fsp3) is 0.346. The molecular formula is C26H32N4O6. The van der Waals surface area contributed by atoms with Gasteiger partial charge in [-0.1, -0.05) is 36.4 Å². The normalized spacial score (nSPS) is 10.8. The Kier molecular flexibility index (Phi) is 9.29. The zero-order valence-corrected chi connectivity index (χ0v) is 20.8. The number of nitrogen functional groups attached to an aromatic ring is 1. The van der Waals surface area contributed by atoms with E-state index in [9.17, 15) is 14.4 Å². The Morgan fingerprint density at radius 1 is 1.00 bits per heavy atom. The van der Waals surface area contributed by atoms with Crippen LogP contribution in [0.2, 0.25) is 0 Å². The maximum absolute atomic E-state index is 13.4. The monoisotopic (exact) mass is 496 g/mol. The van der Waals surface area contributed by atoms with Crippen molar-refractivity contribution in [3.63, 3.8) is 0 Å². The molecule has 1 aromatic heterocycles. The van der Waals surface area contributed by atoms with Crippen molar-refractivity contribution in [2.24, 2.45) is 0 Å². The van der Waals surface area contributed by atoms with Crippen LogP contribution in [0, 0.1) is 0 Å². The summed E-state index contributed by atoms with van der Waals surface area (Å²) in [6.45, 7) is 0.747. The fourth-order valence-electron chi connectivity index (χ4n) is 3.91. The predicted molar refractivity (Wildman–Crippen MR) is 138 cm³/mol. The van der Waals surface area contributed by atoms with Gasteiger partial charge in [0.2, 0.25) is 5.91 Å². The highest BCUT2D eigenvalue weighted by atomic mass is 16.5. The largest absolute Gasteiger partial charge is 0.493 e. The van der Waals surface area contributed by atoms with Gasteiger partial charge in [0.05, 0.1) is 20.8 Å². The smallest absolute Gasteiger partial charge is 0.330 e. The van der Waals surface area contributed by atoms with Gasteiger partial charge in [0.25, 0.3) is 5.56 Å². The van der Waals surface area contributed by atoms with Gasteiger partial charge in [-0.05, 0) is 36.1 Å². The Bertz CT molecular complexity index is 1290. The van der Waals surface area contributed by atoms with Crippen LogP contribution in [0.5, 0.6) is 11.5 Å². The van der Waals surface area contributed by atoms with Crippen molar-refractivity contribution in [3.8, 4) is 11.5 Å². The first-order chi connectivity index (χ1) is 17.4. The number of hydrogen-bond donors (Lipinski definition) is 2. The molecule has 3 aromatic rings. The molecule has 192 valence electrons. The van der Waals surface area contributed by atoms with Crippen molar-refractivity contribution in [2.75, 3.05) is 45.1 Å². The van der Waals surface area contributed by atoms with Crippen molar-refractivity contribution in [2.45, 2.75) is 25.8 Å². The van der Waals surface area contributed by atoms with Gasteiger partial charge < -0.3 is 24.8 Å². The molecule has 10 heteroatoms. The van der Waals surface area contributed by atoms with Crippen LogP contribution in [0.3, 0.4) is 0 Å². The molecule has 1 heterocycles. The molecule has 0 saturated carbocycles. The lowest BCUT2D eigenvalue weighted by Crippen LogP contribution is -2.42. The average molecular weight is 497 g/mol. The second-order valence-electron chi connectivity index (χ2n) is 8.15. The third-order valence-electron chi connectivity index (χ3n) is 5.77.